The molecule has 0 bridgehead atoms. The molecule has 1 N–H and O–H groups in total. The minimum Gasteiger partial charge on any atom is -0.496 e. The number of aromatic nitrogens is 1. The average Bonchev–Trinajstić information content (AvgIpc) is 2.97. The molecule has 0 aliphatic carbocycles. The highest BCUT2D eigenvalue weighted by Gasteiger charge is 2.22. The van der Waals surface area contributed by atoms with Crippen molar-refractivity contribution in [3.63, 3.8) is 0 Å². The van der Waals surface area contributed by atoms with Crippen molar-refractivity contribution in [1.29, 1.82) is 0 Å². The maximum absolute atomic E-state index is 5.53. The van der Waals surface area contributed by atoms with E-state index in [4.69, 9.17) is 9.26 Å². The molecule has 0 saturated heterocycles. The second-order valence-corrected chi connectivity index (χ2v) is 6.42. The zero-order chi connectivity index (χ0) is 16.4. The van der Waals surface area contributed by atoms with Gasteiger partial charge in [0.05, 0.1) is 7.11 Å². The fourth-order valence-electron chi connectivity index (χ4n) is 2.79. The Balaban J connectivity index is 1.89. The molecule has 1 heterocycles. The minimum atomic E-state index is -0.0242. The summed E-state index contributed by atoms with van der Waals surface area (Å²) in [5.41, 5.74) is 3.05. The maximum atomic E-state index is 5.53. The van der Waals surface area contributed by atoms with Crippen molar-refractivity contribution in [3.05, 3.63) is 53.6 Å². The number of anilines is 1. The molecule has 0 unspecified atom stereocenters. The number of aryl methyl sites for hydroxylation is 1. The van der Waals surface area contributed by atoms with E-state index in [1.807, 2.05) is 25.1 Å². The lowest BCUT2D eigenvalue weighted by atomic mass is 9.84. The molecule has 0 fully saturated rings. The first-order chi connectivity index (χ1) is 11.0. The van der Waals surface area contributed by atoms with Crippen molar-refractivity contribution in [2.75, 3.05) is 19.0 Å². The fourth-order valence-corrected chi connectivity index (χ4v) is 2.79. The van der Waals surface area contributed by atoms with Gasteiger partial charge in [-0.3, -0.25) is 0 Å². The van der Waals surface area contributed by atoms with Crippen LogP contribution in [0.25, 0.3) is 11.0 Å². The van der Waals surface area contributed by atoms with Crippen molar-refractivity contribution in [2.45, 2.75) is 26.2 Å². The largest absolute Gasteiger partial charge is 0.496 e. The van der Waals surface area contributed by atoms with E-state index in [1.165, 1.54) is 5.56 Å². The topological polar surface area (TPSA) is 47.3 Å². The third kappa shape index (κ3) is 2.89. The molecule has 0 atom stereocenters. The van der Waals surface area contributed by atoms with Crippen LogP contribution in [0, 0.1) is 6.92 Å². The normalized spacial score (nSPS) is 11.7. The summed E-state index contributed by atoms with van der Waals surface area (Å²) in [5.74, 6) is 1.54. The number of nitrogens with zero attached hydrogens (tertiary/aromatic N) is 1. The third-order valence-electron chi connectivity index (χ3n) is 4.25. The molecule has 0 aliphatic heterocycles. The van der Waals surface area contributed by atoms with Gasteiger partial charge in [-0.15, -0.1) is 0 Å². The lowest BCUT2D eigenvalue weighted by molar-refractivity contribution is 0.416. The Morgan fingerprint density at radius 2 is 1.87 bits per heavy atom. The molecule has 3 aromatic rings. The fraction of sp³-hybridized carbons (Fsp3) is 0.316. The zero-order valence-electron chi connectivity index (χ0n) is 14.0. The number of methoxy groups -OCH3 is 1. The molecule has 3 rings (SSSR count). The summed E-state index contributed by atoms with van der Waals surface area (Å²) in [6.07, 6.45) is 0. The first kappa shape index (κ1) is 15.4. The standard InChI is InChI=1S/C19H22N2O2/c1-13-10-11-15-16(17(13)22-4)18(21-23-15)20-12-19(2,3)14-8-6-5-7-9-14/h5-11H,12H2,1-4H3,(H,20,21). The Labute approximate surface area is 136 Å². The molecule has 4 heteroatoms. The predicted molar refractivity (Wildman–Crippen MR) is 93.3 cm³/mol. The molecule has 0 radical (unpaired) electrons. The lowest BCUT2D eigenvalue weighted by Crippen LogP contribution is -2.27. The van der Waals surface area contributed by atoms with Crippen LogP contribution in [-0.2, 0) is 5.41 Å². The van der Waals surface area contributed by atoms with E-state index >= 15 is 0 Å². The summed E-state index contributed by atoms with van der Waals surface area (Å²) in [6.45, 7) is 7.18. The number of fused-ring (bicyclic) bond motifs is 1. The number of benzene rings is 2. The van der Waals surface area contributed by atoms with E-state index in [-0.39, 0.29) is 5.41 Å². The van der Waals surface area contributed by atoms with Crippen molar-refractivity contribution < 1.29 is 9.26 Å². The van der Waals surface area contributed by atoms with Crippen LogP contribution in [0.4, 0.5) is 5.82 Å². The first-order valence-corrected chi connectivity index (χ1v) is 7.75. The van der Waals surface area contributed by atoms with Crippen LogP contribution < -0.4 is 10.1 Å². The Bertz CT molecular complexity index is 807. The van der Waals surface area contributed by atoms with Gasteiger partial charge in [0.15, 0.2) is 11.4 Å². The zero-order valence-corrected chi connectivity index (χ0v) is 14.0. The van der Waals surface area contributed by atoms with Gasteiger partial charge in [0.2, 0.25) is 0 Å². The molecule has 0 amide bonds. The third-order valence-corrected chi connectivity index (χ3v) is 4.25. The Morgan fingerprint density at radius 3 is 2.57 bits per heavy atom. The minimum absolute atomic E-state index is 0.0242. The van der Waals surface area contributed by atoms with E-state index < -0.39 is 0 Å². The first-order valence-electron chi connectivity index (χ1n) is 7.75. The number of hydrogen-bond acceptors (Lipinski definition) is 4. The molecule has 120 valence electrons. The number of ether oxygens (including phenoxy) is 1. The summed E-state index contributed by atoms with van der Waals surface area (Å²) in [7, 11) is 1.67. The quantitative estimate of drug-likeness (QED) is 0.752. The van der Waals surface area contributed by atoms with Gasteiger partial charge in [0, 0.05) is 12.0 Å². The van der Waals surface area contributed by atoms with Crippen LogP contribution >= 0.6 is 0 Å². The van der Waals surface area contributed by atoms with Crippen LogP contribution in [0.3, 0.4) is 0 Å². The second kappa shape index (κ2) is 5.95. The Hall–Kier alpha value is -2.49. The van der Waals surface area contributed by atoms with E-state index in [2.05, 4.69) is 48.6 Å². The number of nitrogens with one attached hydrogen (secondary N) is 1. The summed E-state index contributed by atoms with van der Waals surface area (Å²) in [5, 5.41) is 8.50. The van der Waals surface area contributed by atoms with Crippen LogP contribution in [0.1, 0.15) is 25.0 Å². The van der Waals surface area contributed by atoms with Gasteiger partial charge < -0.3 is 14.6 Å². The lowest BCUT2D eigenvalue weighted by Gasteiger charge is -2.25. The van der Waals surface area contributed by atoms with E-state index in [0.717, 1.165) is 34.6 Å². The predicted octanol–water partition coefficient (Wildman–Crippen LogP) is 4.53. The Kier molecular flexibility index (Phi) is 3.99. The van der Waals surface area contributed by atoms with Crippen molar-refractivity contribution in [3.8, 4) is 5.75 Å². The molecule has 23 heavy (non-hydrogen) atoms. The molecule has 2 aromatic carbocycles. The summed E-state index contributed by atoms with van der Waals surface area (Å²) in [4.78, 5) is 0. The highest BCUT2D eigenvalue weighted by Crippen LogP contribution is 2.35. The van der Waals surface area contributed by atoms with Gasteiger partial charge in [0.1, 0.15) is 11.1 Å². The summed E-state index contributed by atoms with van der Waals surface area (Å²) < 4.78 is 11.0. The molecule has 4 nitrogen and oxygen atoms in total. The second-order valence-electron chi connectivity index (χ2n) is 6.42. The molecule has 1 aromatic heterocycles. The smallest absolute Gasteiger partial charge is 0.181 e. The van der Waals surface area contributed by atoms with E-state index in [9.17, 15) is 0 Å². The highest BCUT2D eigenvalue weighted by atomic mass is 16.5. The van der Waals surface area contributed by atoms with E-state index in [0.29, 0.717) is 0 Å². The average molecular weight is 310 g/mol. The van der Waals surface area contributed by atoms with Gasteiger partial charge in [0.25, 0.3) is 0 Å². The molecular weight excluding hydrogens is 288 g/mol. The van der Waals surface area contributed by atoms with Crippen LogP contribution in [0.5, 0.6) is 5.75 Å². The number of rotatable bonds is 5. The molecular formula is C19H22N2O2. The maximum Gasteiger partial charge on any atom is 0.181 e. The monoisotopic (exact) mass is 310 g/mol. The van der Waals surface area contributed by atoms with Gasteiger partial charge in [-0.05, 0) is 24.1 Å². The van der Waals surface area contributed by atoms with Crippen molar-refractivity contribution in [2.24, 2.45) is 0 Å². The van der Waals surface area contributed by atoms with Crippen molar-refractivity contribution in [1.82, 2.24) is 5.16 Å². The SMILES string of the molecule is COc1c(C)ccc2onc(NCC(C)(C)c3ccccc3)c12. The molecule has 0 spiro atoms. The molecule has 0 aliphatic rings. The molecule has 0 saturated carbocycles. The van der Waals surface area contributed by atoms with Gasteiger partial charge >= 0.3 is 0 Å². The van der Waals surface area contributed by atoms with E-state index in [1.54, 1.807) is 7.11 Å². The highest BCUT2D eigenvalue weighted by molar-refractivity contribution is 5.94. The Morgan fingerprint density at radius 1 is 1.13 bits per heavy atom. The van der Waals surface area contributed by atoms with Crippen LogP contribution in [-0.4, -0.2) is 18.8 Å². The van der Waals surface area contributed by atoms with Crippen molar-refractivity contribution >= 4 is 16.8 Å². The van der Waals surface area contributed by atoms with Gasteiger partial charge in [-0.2, -0.15) is 0 Å². The van der Waals surface area contributed by atoms with Crippen LogP contribution in [0.2, 0.25) is 0 Å². The van der Waals surface area contributed by atoms with Gasteiger partial charge in [-0.25, -0.2) is 0 Å². The number of hydrogen-bond donors (Lipinski definition) is 1. The summed E-state index contributed by atoms with van der Waals surface area (Å²) in [6, 6.07) is 14.4. The van der Waals surface area contributed by atoms with Crippen LogP contribution in [0.15, 0.2) is 47.0 Å². The van der Waals surface area contributed by atoms with Gasteiger partial charge in [-0.1, -0.05) is 55.4 Å². The summed E-state index contributed by atoms with van der Waals surface area (Å²) >= 11 is 0.